The molecule has 5 rings (SSSR count). The minimum absolute atomic E-state index is 0.0670. The molecule has 0 spiro atoms. The molecule has 1 saturated heterocycles. The number of carboxylic acid groups (broad SMARTS) is 1. The molecule has 2 amide bonds. The number of rotatable bonds is 7. The number of thiophene rings is 1. The first-order chi connectivity index (χ1) is 17.3. The van der Waals surface area contributed by atoms with Crippen molar-refractivity contribution in [1.82, 2.24) is 10.2 Å². The van der Waals surface area contributed by atoms with Crippen LogP contribution in [0.3, 0.4) is 0 Å². The van der Waals surface area contributed by atoms with Gasteiger partial charge in [-0.2, -0.15) is 0 Å². The largest absolute Gasteiger partial charge is 0.477 e. The first kappa shape index (κ1) is 25.3. The predicted octanol–water partition coefficient (Wildman–Crippen LogP) is 4.67. The zero-order valence-electron chi connectivity index (χ0n) is 18.3. The Morgan fingerprint density at radius 3 is 2.75 bits per heavy atom. The molecule has 2 N–H and O–H groups in total. The Labute approximate surface area is 230 Å². The highest BCUT2D eigenvalue weighted by atomic mass is 79.9. The lowest BCUT2D eigenvalue weighted by atomic mass is 10.0. The van der Waals surface area contributed by atoms with Crippen molar-refractivity contribution >= 4 is 89.3 Å². The number of hydrogen-bond acceptors (Lipinski definition) is 8. The molecule has 4 heterocycles. The van der Waals surface area contributed by atoms with Gasteiger partial charge in [0.05, 0.1) is 24.5 Å². The molecule has 1 unspecified atom stereocenters. The Morgan fingerprint density at radius 1 is 1.22 bits per heavy atom. The summed E-state index contributed by atoms with van der Waals surface area (Å²) in [7, 11) is 0. The fourth-order valence-corrected chi connectivity index (χ4v) is 9.06. The fourth-order valence-electron chi connectivity index (χ4n) is 3.91. The van der Waals surface area contributed by atoms with E-state index in [4.69, 9.17) is 0 Å². The van der Waals surface area contributed by atoms with Gasteiger partial charge in [0.2, 0.25) is 11.3 Å². The first-order valence-electron chi connectivity index (χ1n) is 10.6. The van der Waals surface area contributed by atoms with Crippen LogP contribution in [-0.2, 0) is 20.8 Å². The summed E-state index contributed by atoms with van der Waals surface area (Å²) < 4.78 is 2.85. The number of carboxylic acids is 1. The molecular weight excluding hydrogens is 604 g/mol. The van der Waals surface area contributed by atoms with Gasteiger partial charge in [0, 0.05) is 5.75 Å². The lowest BCUT2D eigenvalue weighted by molar-refractivity contribution is -0.150. The van der Waals surface area contributed by atoms with E-state index in [0.29, 0.717) is 20.5 Å². The summed E-state index contributed by atoms with van der Waals surface area (Å²) in [6, 6.07) is 10.4. The third kappa shape index (κ3) is 4.80. The van der Waals surface area contributed by atoms with Gasteiger partial charge in [-0.05, 0) is 50.0 Å². The van der Waals surface area contributed by atoms with Gasteiger partial charge in [0.25, 0.3) is 5.91 Å². The van der Waals surface area contributed by atoms with E-state index in [1.165, 1.54) is 51.1 Å². The summed E-state index contributed by atoms with van der Waals surface area (Å²) in [4.78, 5) is 51.2. The maximum absolute atomic E-state index is 12.9. The van der Waals surface area contributed by atoms with Crippen molar-refractivity contribution in [3.63, 3.8) is 0 Å². The van der Waals surface area contributed by atoms with Gasteiger partial charge in [0.1, 0.15) is 17.1 Å². The maximum atomic E-state index is 12.9. The van der Waals surface area contributed by atoms with Crippen LogP contribution in [0, 0.1) is 0 Å². The third-order valence-corrected chi connectivity index (χ3v) is 11.4. The summed E-state index contributed by atoms with van der Waals surface area (Å²) in [5.41, 5.74) is 1.19. The zero-order chi connectivity index (χ0) is 25.4. The van der Waals surface area contributed by atoms with Crippen molar-refractivity contribution in [3.05, 3.63) is 84.8 Å². The lowest BCUT2D eigenvalue weighted by Gasteiger charge is -2.49. The number of carbonyl (C=O) groups excluding carboxylic acids is 2. The van der Waals surface area contributed by atoms with Crippen LogP contribution in [0.25, 0.3) is 9.40 Å². The lowest BCUT2D eigenvalue weighted by Crippen LogP contribution is -2.70. The second kappa shape index (κ2) is 10.5. The Kier molecular flexibility index (Phi) is 7.40. The highest BCUT2D eigenvalue weighted by Gasteiger charge is 2.53. The average molecular weight is 622 g/mol. The van der Waals surface area contributed by atoms with E-state index < -0.39 is 23.3 Å². The number of allylic oxidation sites excluding steroid dienone is 1. The average Bonchev–Trinajstić information content (AvgIpc) is 3.34. The van der Waals surface area contributed by atoms with Crippen LogP contribution in [0.4, 0.5) is 0 Å². The van der Waals surface area contributed by atoms with E-state index in [1.807, 2.05) is 41.8 Å². The van der Waals surface area contributed by atoms with Crippen LogP contribution in [-0.4, -0.2) is 45.0 Å². The molecule has 3 aromatic rings. The number of halogens is 1. The number of nitrogens with zero attached hydrogens (tertiary/aromatic N) is 1. The molecule has 184 valence electrons. The predicted molar refractivity (Wildman–Crippen MR) is 148 cm³/mol. The molecule has 2 aliphatic heterocycles. The minimum atomic E-state index is -1.20. The molecule has 1 aromatic carbocycles. The topological polar surface area (TPSA) is 104 Å². The summed E-state index contributed by atoms with van der Waals surface area (Å²) in [6.45, 7) is 0. The molecule has 0 bridgehead atoms. The number of fused-ring (bicyclic) bond motifs is 2. The Balaban J connectivity index is 1.30. The molecule has 0 saturated carbocycles. The quantitative estimate of drug-likeness (QED) is 0.292. The van der Waals surface area contributed by atoms with E-state index in [0.717, 1.165) is 14.5 Å². The van der Waals surface area contributed by atoms with Gasteiger partial charge in [-0.25, -0.2) is 4.79 Å². The molecule has 7 nitrogen and oxygen atoms in total. The van der Waals surface area contributed by atoms with Crippen LogP contribution in [0.5, 0.6) is 0 Å². The molecule has 2 aromatic heterocycles. The van der Waals surface area contributed by atoms with Gasteiger partial charge < -0.3 is 10.4 Å². The minimum Gasteiger partial charge on any atom is -0.477 e. The van der Waals surface area contributed by atoms with Gasteiger partial charge in [0.15, 0.2) is 0 Å². The Hall–Kier alpha value is -2.38. The number of β-lactam (4-membered cyclic amide) rings is 1. The van der Waals surface area contributed by atoms with Gasteiger partial charge in [-0.15, -0.1) is 34.4 Å². The van der Waals surface area contributed by atoms with Crippen LogP contribution in [0.1, 0.15) is 5.56 Å². The highest BCUT2D eigenvalue weighted by Crippen LogP contribution is 2.41. The molecule has 36 heavy (non-hydrogen) atoms. The van der Waals surface area contributed by atoms with Gasteiger partial charge in [-0.3, -0.25) is 19.3 Å². The number of carbonyl (C=O) groups is 3. The van der Waals surface area contributed by atoms with Crippen molar-refractivity contribution in [2.75, 3.05) is 5.75 Å². The highest BCUT2D eigenvalue weighted by molar-refractivity contribution is 9.10. The van der Waals surface area contributed by atoms with Crippen molar-refractivity contribution in [1.29, 1.82) is 0 Å². The summed E-state index contributed by atoms with van der Waals surface area (Å²) in [5, 5.41) is 15.8. The van der Waals surface area contributed by atoms with Crippen molar-refractivity contribution in [2.24, 2.45) is 0 Å². The molecule has 0 aliphatic carbocycles. The van der Waals surface area contributed by atoms with E-state index >= 15 is 0 Å². The van der Waals surface area contributed by atoms with E-state index in [-0.39, 0.29) is 23.5 Å². The number of nitrogens with one attached hydrogen (secondary N) is 1. The second-order valence-electron chi connectivity index (χ2n) is 7.86. The van der Waals surface area contributed by atoms with E-state index in [2.05, 4.69) is 21.2 Å². The SMILES string of the molecule is O=C(Cc1ccccc1)NC1C(=O)N2C(C(=O)O)=C(/C=C/Sc3sc4ccsc4c(=O)c3Br)CS[C@H]12. The summed E-state index contributed by atoms with van der Waals surface area (Å²) in [6.07, 6.45) is 1.82. The number of benzene rings is 1. The van der Waals surface area contributed by atoms with Crippen LogP contribution < -0.4 is 10.7 Å². The normalized spacial score (nSPS) is 19.5. The van der Waals surface area contributed by atoms with Crippen molar-refractivity contribution in [2.45, 2.75) is 22.0 Å². The number of aliphatic carboxylic acids is 1. The molecule has 0 radical (unpaired) electrons. The molecular formula is C24H17BrN2O5S4. The molecule has 2 aliphatic rings. The summed E-state index contributed by atoms with van der Waals surface area (Å²) in [5.74, 6) is -1.54. The van der Waals surface area contributed by atoms with Gasteiger partial charge >= 0.3 is 5.97 Å². The zero-order valence-corrected chi connectivity index (χ0v) is 23.2. The Bertz CT molecular complexity index is 1500. The monoisotopic (exact) mass is 620 g/mol. The Morgan fingerprint density at radius 2 is 2.00 bits per heavy atom. The van der Waals surface area contributed by atoms with Crippen molar-refractivity contribution in [3.8, 4) is 0 Å². The van der Waals surface area contributed by atoms with E-state index in [1.54, 1.807) is 11.5 Å². The van der Waals surface area contributed by atoms with Crippen LogP contribution >= 0.6 is 62.1 Å². The number of amides is 2. The fraction of sp³-hybridized carbons (Fsp3) is 0.167. The first-order valence-corrected chi connectivity index (χ1v) is 15.0. The maximum Gasteiger partial charge on any atom is 0.352 e. The number of hydrogen-bond donors (Lipinski definition) is 2. The van der Waals surface area contributed by atoms with Crippen LogP contribution in [0.15, 0.2) is 78.0 Å². The summed E-state index contributed by atoms with van der Waals surface area (Å²) >= 11 is 8.99. The van der Waals surface area contributed by atoms with E-state index in [9.17, 15) is 24.3 Å². The van der Waals surface area contributed by atoms with Crippen LogP contribution in [0.2, 0.25) is 0 Å². The van der Waals surface area contributed by atoms with Crippen molar-refractivity contribution < 1.29 is 19.5 Å². The second-order valence-corrected chi connectivity index (χ2v) is 12.9. The number of thioether (sulfide) groups is 2. The standard InChI is InChI=1S/C24H17BrN2O5S4/c25-16-19(29)20-14(7-9-33-20)36-24(16)34-8-6-13-11-35-22-17(21(30)27(22)18(13)23(31)32)26-15(28)10-12-4-2-1-3-5-12/h1-9,17,22H,10-11H2,(H,26,28)(H,31,32)/b8-6+/t17?,22-/m1/s1. The molecule has 1 fully saturated rings. The van der Waals surface area contributed by atoms with Gasteiger partial charge in [-0.1, -0.05) is 42.1 Å². The molecule has 2 atom stereocenters. The molecule has 12 heteroatoms. The smallest absolute Gasteiger partial charge is 0.352 e. The third-order valence-electron chi connectivity index (χ3n) is 5.59.